The first-order valence-electron chi connectivity index (χ1n) is 12.2. The van der Waals surface area contributed by atoms with Crippen LogP contribution in [0.1, 0.15) is 51.6 Å². The third kappa shape index (κ3) is 3.65. The Morgan fingerprint density at radius 1 is 1.16 bits per heavy atom. The monoisotopic (exact) mass is 427 g/mol. The van der Waals surface area contributed by atoms with E-state index in [0.717, 1.165) is 64.2 Å². The van der Waals surface area contributed by atoms with E-state index in [1.165, 1.54) is 11.3 Å². The molecule has 3 fully saturated rings. The average Bonchev–Trinajstić information content (AvgIpc) is 3.49. The minimum Gasteiger partial charge on any atom is -0.368 e. The third-order valence-electron chi connectivity index (χ3n) is 7.62. The van der Waals surface area contributed by atoms with Gasteiger partial charge in [-0.1, -0.05) is 13.0 Å². The Bertz CT molecular complexity index is 811. The fraction of sp³-hybridized carbons (Fsp3) is 0.708. The molecular weight excluding hydrogens is 390 g/mol. The lowest BCUT2D eigenvalue weighted by molar-refractivity contribution is -0.127. The highest BCUT2D eigenvalue weighted by atomic mass is 16.5. The zero-order valence-electron chi connectivity index (χ0n) is 19.2. The maximum absolute atomic E-state index is 13.4. The van der Waals surface area contributed by atoms with Gasteiger partial charge in [0.1, 0.15) is 12.4 Å². The van der Waals surface area contributed by atoms with Gasteiger partial charge in [0.25, 0.3) is 5.91 Å². The van der Waals surface area contributed by atoms with Crippen LogP contribution >= 0.6 is 0 Å². The van der Waals surface area contributed by atoms with E-state index >= 15 is 0 Å². The zero-order valence-corrected chi connectivity index (χ0v) is 19.2. The van der Waals surface area contributed by atoms with Crippen LogP contribution in [0.5, 0.6) is 0 Å². The van der Waals surface area contributed by atoms with Crippen molar-refractivity contribution in [3.63, 3.8) is 0 Å². The van der Waals surface area contributed by atoms with Crippen LogP contribution in [-0.4, -0.2) is 80.0 Å². The fourth-order valence-corrected chi connectivity index (χ4v) is 6.07. The number of carbonyl (C=O) groups excluding carboxylic acids is 1. The van der Waals surface area contributed by atoms with E-state index in [-0.39, 0.29) is 12.0 Å². The Morgan fingerprint density at radius 2 is 2.03 bits per heavy atom. The van der Waals surface area contributed by atoms with Crippen molar-refractivity contribution in [2.75, 3.05) is 55.7 Å². The first-order valence-corrected chi connectivity index (χ1v) is 12.2. The molecule has 4 aliphatic rings. The second-order valence-corrected chi connectivity index (χ2v) is 9.33. The van der Waals surface area contributed by atoms with Gasteiger partial charge >= 0.3 is 0 Å². The molecule has 170 valence electrons. The van der Waals surface area contributed by atoms with Crippen molar-refractivity contribution in [1.29, 1.82) is 0 Å². The average molecular weight is 428 g/mol. The summed E-state index contributed by atoms with van der Waals surface area (Å²) in [6.07, 6.45) is 2.99. The molecule has 4 aliphatic heterocycles. The van der Waals surface area contributed by atoms with Crippen LogP contribution in [0.15, 0.2) is 18.2 Å². The predicted molar refractivity (Wildman–Crippen MR) is 123 cm³/mol. The van der Waals surface area contributed by atoms with Crippen molar-refractivity contribution in [2.45, 2.75) is 64.5 Å². The lowest BCUT2D eigenvalue weighted by atomic mass is 9.96. The molecule has 1 aromatic carbocycles. The highest BCUT2D eigenvalue weighted by Crippen LogP contribution is 2.41. The molecule has 1 aromatic rings. The van der Waals surface area contributed by atoms with E-state index < -0.39 is 0 Å². The molecule has 0 spiro atoms. The number of nitrogens with one attached hydrogen (secondary N) is 1. The number of likely N-dealkylation sites (N-methyl/N-ethyl adjacent to an activating group) is 1. The third-order valence-corrected chi connectivity index (χ3v) is 7.62. The van der Waals surface area contributed by atoms with Crippen LogP contribution in [0.3, 0.4) is 0 Å². The van der Waals surface area contributed by atoms with Crippen molar-refractivity contribution in [3.05, 3.63) is 23.8 Å². The van der Waals surface area contributed by atoms with Crippen LogP contribution in [0.25, 0.3) is 0 Å². The first kappa shape index (κ1) is 21.2. The summed E-state index contributed by atoms with van der Waals surface area (Å²) in [6, 6.07) is 7.52. The normalized spacial score (nSPS) is 31.7. The molecular formula is C24H37N5O2. The van der Waals surface area contributed by atoms with E-state index in [4.69, 9.17) is 4.74 Å². The van der Waals surface area contributed by atoms with Gasteiger partial charge in [-0.2, -0.15) is 0 Å². The van der Waals surface area contributed by atoms with Gasteiger partial charge in [0.05, 0.1) is 11.4 Å². The number of carbonyl (C=O) groups is 1. The molecule has 0 aliphatic carbocycles. The van der Waals surface area contributed by atoms with E-state index in [2.05, 4.69) is 59.0 Å². The first-order chi connectivity index (χ1) is 15.1. The predicted octanol–water partition coefficient (Wildman–Crippen LogP) is 2.38. The molecule has 4 heterocycles. The second kappa shape index (κ2) is 8.70. The molecule has 3 saturated heterocycles. The summed E-state index contributed by atoms with van der Waals surface area (Å²) >= 11 is 0. The summed E-state index contributed by atoms with van der Waals surface area (Å²) in [4.78, 5) is 23.0. The molecule has 1 N–H and O–H groups in total. The Morgan fingerprint density at radius 3 is 2.77 bits per heavy atom. The molecule has 7 nitrogen and oxygen atoms in total. The van der Waals surface area contributed by atoms with Crippen molar-refractivity contribution < 1.29 is 9.53 Å². The quantitative estimate of drug-likeness (QED) is 0.796. The smallest absolute Gasteiger partial charge is 0.256 e. The summed E-state index contributed by atoms with van der Waals surface area (Å²) in [6.45, 7) is 13.4. The van der Waals surface area contributed by atoms with Gasteiger partial charge < -0.3 is 14.5 Å². The lowest BCUT2D eigenvalue weighted by Gasteiger charge is -2.46. The second-order valence-electron chi connectivity index (χ2n) is 9.33. The van der Waals surface area contributed by atoms with Crippen molar-refractivity contribution in [3.8, 4) is 0 Å². The molecule has 5 rings (SSSR count). The minimum absolute atomic E-state index is 0.137. The van der Waals surface area contributed by atoms with E-state index in [1.807, 2.05) is 4.90 Å². The molecule has 0 radical (unpaired) electrons. The zero-order chi connectivity index (χ0) is 21.5. The standard InChI is InChI=1S/C24H37N5O2/c1-4-27-17(3)16-29(23(30)22-7-6-14-31-22)21-15-18(8-9-20(21)27)19-10-12-26-13-11-25-24(26)28(19)5-2/h8-9,15,17,19,22,24-25H,4-7,10-14,16H2,1-3H3. The summed E-state index contributed by atoms with van der Waals surface area (Å²) in [5, 5.41) is 3.67. The van der Waals surface area contributed by atoms with Gasteiger partial charge in [0.15, 0.2) is 0 Å². The Kier molecular flexibility index (Phi) is 5.94. The molecule has 0 bridgehead atoms. The summed E-state index contributed by atoms with van der Waals surface area (Å²) in [7, 11) is 0. The number of fused-ring (bicyclic) bond motifs is 2. The fourth-order valence-electron chi connectivity index (χ4n) is 6.07. The molecule has 7 heteroatoms. The van der Waals surface area contributed by atoms with Gasteiger partial charge in [-0.3, -0.25) is 19.9 Å². The number of benzene rings is 1. The number of hydrogen-bond donors (Lipinski definition) is 1. The topological polar surface area (TPSA) is 51.3 Å². The highest BCUT2D eigenvalue weighted by molar-refractivity contribution is 6.01. The van der Waals surface area contributed by atoms with E-state index in [1.54, 1.807) is 0 Å². The van der Waals surface area contributed by atoms with Gasteiger partial charge in [-0.25, -0.2) is 0 Å². The van der Waals surface area contributed by atoms with Crippen molar-refractivity contribution in [1.82, 2.24) is 15.1 Å². The van der Waals surface area contributed by atoms with Crippen LogP contribution < -0.4 is 15.1 Å². The number of nitrogens with zero attached hydrogens (tertiary/aromatic N) is 4. The van der Waals surface area contributed by atoms with Crippen LogP contribution in [0.2, 0.25) is 0 Å². The van der Waals surface area contributed by atoms with Gasteiger partial charge in [-0.15, -0.1) is 0 Å². The van der Waals surface area contributed by atoms with Crippen molar-refractivity contribution >= 4 is 17.3 Å². The van der Waals surface area contributed by atoms with Gasteiger partial charge in [-0.05, 0) is 57.4 Å². The maximum Gasteiger partial charge on any atom is 0.256 e. The van der Waals surface area contributed by atoms with Gasteiger partial charge in [0.2, 0.25) is 0 Å². The number of hydrogen-bond acceptors (Lipinski definition) is 6. The van der Waals surface area contributed by atoms with Crippen molar-refractivity contribution in [2.24, 2.45) is 0 Å². The number of ether oxygens (including phenoxy) is 1. The van der Waals surface area contributed by atoms with Crippen LogP contribution in [0.4, 0.5) is 11.4 Å². The molecule has 31 heavy (non-hydrogen) atoms. The number of anilines is 2. The van der Waals surface area contributed by atoms with Crippen LogP contribution in [-0.2, 0) is 9.53 Å². The Labute approximate surface area is 186 Å². The largest absolute Gasteiger partial charge is 0.368 e. The Hall–Kier alpha value is -1.67. The summed E-state index contributed by atoms with van der Waals surface area (Å²) < 4.78 is 5.77. The minimum atomic E-state index is -0.282. The molecule has 0 saturated carbocycles. The SMILES string of the molecule is CCN1c2ccc(C3CCN4CCNC4N3CC)cc2N(C(=O)C2CCCO2)CC1C. The van der Waals surface area contributed by atoms with E-state index in [0.29, 0.717) is 25.0 Å². The van der Waals surface area contributed by atoms with Crippen LogP contribution in [0, 0.1) is 0 Å². The number of rotatable bonds is 4. The number of amides is 1. The Balaban J connectivity index is 1.50. The van der Waals surface area contributed by atoms with E-state index in [9.17, 15) is 4.79 Å². The summed E-state index contributed by atoms with van der Waals surface area (Å²) in [5.41, 5.74) is 3.57. The maximum atomic E-state index is 13.4. The lowest BCUT2D eigenvalue weighted by Crippen LogP contribution is -2.56. The molecule has 1 amide bonds. The molecule has 0 aromatic heterocycles. The molecule has 4 unspecified atom stereocenters. The molecule has 4 atom stereocenters. The highest BCUT2D eigenvalue weighted by Gasteiger charge is 2.40. The summed E-state index contributed by atoms with van der Waals surface area (Å²) in [5.74, 6) is 0.137. The van der Waals surface area contributed by atoms with Gasteiger partial charge in [0, 0.05) is 51.4 Å².